The maximum absolute atomic E-state index is 13.4. The predicted octanol–water partition coefficient (Wildman–Crippen LogP) is 4.29. The lowest BCUT2D eigenvalue weighted by molar-refractivity contribution is 0.509. The second-order valence-electron chi connectivity index (χ2n) is 5.21. The molecule has 0 aliphatic rings. The van der Waals surface area contributed by atoms with Crippen LogP contribution in [-0.2, 0) is 0 Å². The SMILES string of the molecule is CCNc1nc(-c2ccc(F)c(F)c2)nc(C)c1C(C)C. The summed E-state index contributed by atoms with van der Waals surface area (Å²) < 4.78 is 26.4. The van der Waals surface area contributed by atoms with Crippen LogP contribution in [0.5, 0.6) is 0 Å². The highest BCUT2D eigenvalue weighted by Gasteiger charge is 2.16. The van der Waals surface area contributed by atoms with Gasteiger partial charge in [-0.15, -0.1) is 0 Å². The van der Waals surface area contributed by atoms with Crippen molar-refractivity contribution >= 4 is 5.82 Å². The molecule has 1 aromatic carbocycles. The molecule has 1 heterocycles. The molecule has 2 aromatic rings. The molecule has 2 rings (SSSR count). The van der Waals surface area contributed by atoms with E-state index in [0.29, 0.717) is 11.4 Å². The van der Waals surface area contributed by atoms with E-state index < -0.39 is 11.6 Å². The minimum Gasteiger partial charge on any atom is -0.370 e. The smallest absolute Gasteiger partial charge is 0.161 e. The van der Waals surface area contributed by atoms with Crippen molar-refractivity contribution in [2.75, 3.05) is 11.9 Å². The Kier molecular flexibility index (Phi) is 4.50. The summed E-state index contributed by atoms with van der Waals surface area (Å²) in [6.07, 6.45) is 0. The summed E-state index contributed by atoms with van der Waals surface area (Å²) in [5, 5.41) is 3.22. The number of aryl methyl sites for hydroxylation is 1. The summed E-state index contributed by atoms with van der Waals surface area (Å²) >= 11 is 0. The third kappa shape index (κ3) is 3.17. The van der Waals surface area contributed by atoms with Crippen molar-refractivity contribution in [3.05, 3.63) is 41.1 Å². The molecule has 0 atom stereocenters. The minimum absolute atomic E-state index is 0.276. The molecule has 112 valence electrons. The van der Waals surface area contributed by atoms with Gasteiger partial charge < -0.3 is 5.32 Å². The van der Waals surface area contributed by atoms with Crippen molar-refractivity contribution in [3.8, 4) is 11.4 Å². The maximum Gasteiger partial charge on any atom is 0.161 e. The van der Waals surface area contributed by atoms with Crippen LogP contribution in [0.1, 0.15) is 37.9 Å². The largest absolute Gasteiger partial charge is 0.370 e. The second-order valence-corrected chi connectivity index (χ2v) is 5.21. The topological polar surface area (TPSA) is 37.8 Å². The first-order valence-corrected chi connectivity index (χ1v) is 7.01. The zero-order valence-electron chi connectivity index (χ0n) is 12.7. The fourth-order valence-corrected chi connectivity index (χ4v) is 2.34. The molecule has 0 amide bonds. The van der Waals surface area contributed by atoms with Crippen LogP contribution in [0.2, 0.25) is 0 Å². The van der Waals surface area contributed by atoms with Gasteiger partial charge in [0, 0.05) is 23.4 Å². The van der Waals surface area contributed by atoms with Crippen LogP contribution in [0.25, 0.3) is 11.4 Å². The molecule has 0 aliphatic heterocycles. The van der Waals surface area contributed by atoms with Gasteiger partial charge in [-0.2, -0.15) is 0 Å². The lowest BCUT2D eigenvalue weighted by atomic mass is 10.0. The molecule has 0 saturated heterocycles. The first kappa shape index (κ1) is 15.4. The Bertz CT molecular complexity index is 654. The van der Waals surface area contributed by atoms with E-state index in [1.165, 1.54) is 6.07 Å². The van der Waals surface area contributed by atoms with Gasteiger partial charge in [0.25, 0.3) is 0 Å². The quantitative estimate of drug-likeness (QED) is 0.913. The number of aromatic nitrogens is 2. The Morgan fingerprint density at radius 3 is 2.43 bits per heavy atom. The molecule has 0 spiro atoms. The van der Waals surface area contributed by atoms with Crippen molar-refractivity contribution in [2.45, 2.75) is 33.6 Å². The zero-order chi connectivity index (χ0) is 15.6. The van der Waals surface area contributed by atoms with Crippen LogP contribution >= 0.6 is 0 Å². The Hall–Kier alpha value is -2.04. The Labute approximate surface area is 123 Å². The van der Waals surface area contributed by atoms with Gasteiger partial charge in [-0.25, -0.2) is 18.7 Å². The number of nitrogens with zero attached hydrogens (tertiary/aromatic N) is 2. The summed E-state index contributed by atoms with van der Waals surface area (Å²) in [7, 11) is 0. The second kappa shape index (κ2) is 6.16. The summed E-state index contributed by atoms with van der Waals surface area (Å²) in [5.74, 6) is -0.350. The van der Waals surface area contributed by atoms with Gasteiger partial charge in [0.1, 0.15) is 5.82 Å². The number of rotatable bonds is 4. The van der Waals surface area contributed by atoms with Crippen LogP contribution in [0, 0.1) is 18.6 Å². The molecular weight excluding hydrogens is 272 g/mol. The number of halogens is 2. The first-order chi connectivity index (χ1) is 9.93. The number of hydrogen-bond donors (Lipinski definition) is 1. The fraction of sp³-hybridized carbons (Fsp3) is 0.375. The molecule has 1 aromatic heterocycles. The summed E-state index contributed by atoms with van der Waals surface area (Å²) in [4.78, 5) is 8.91. The predicted molar refractivity (Wildman–Crippen MR) is 80.4 cm³/mol. The summed E-state index contributed by atoms with van der Waals surface area (Å²) in [5.41, 5.74) is 2.35. The average Bonchev–Trinajstić information content (AvgIpc) is 2.41. The van der Waals surface area contributed by atoms with E-state index in [-0.39, 0.29) is 5.92 Å². The molecule has 3 nitrogen and oxygen atoms in total. The monoisotopic (exact) mass is 291 g/mol. The zero-order valence-corrected chi connectivity index (χ0v) is 12.7. The highest BCUT2D eigenvalue weighted by molar-refractivity contribution is 5.60. The lowest BCUT2D eigenvalue weighted by Gasteiger charge is -2.16. The molecule has 0 radical (unpaired) electrons. The van der Waals surface area contributed by atoms with Crippen molar-refractivity contribution in [1.29, 1.82) is 0 Å². The standard InChI is InChI=1S/C16H19F2N3/c1-5-19-16-14(9(2)3)10(4)20-15(21-16)11-6-7-12(17)13(18)8-11/h6-9H,5H2,1-4H3,(H,19,20,21). The number of hydrogen-bond acceptors (Lipinski definition) is 3. The van der Waals surface area contributed by atoms with E-state index in [9.17, 15) is 8.78 Å². The van der Waals surface area contributed by atoms with Gasteiger partial charge in [0.05, 0.1) is 0 Å². The van der Waals surface area contributed by atoms with Crippen LogP contribution < -0.4 is 5.32 Å². The molecule has 1 N–H and O–H groups in total. The van der Waals surface area contributed by atoms with E-state index in [4.69, 9.17) is 0 Å². The van der Waals surface area contributed by atoms with Crippen LogP contribution in [0.3, 0.4) is 0 Å². The molecule has 0 saturated carbocycles. The number of anilines is 1. The fourth-order valence-electron chi connectivity index (χ4n) is 2.34. The third-order valence-corrected chi connectivity index (χ3v) is 3.24. The van der Waals surface area contributed by atoms with Gasteiger partial charge in [-0.3, -0.25) is 0 Å². The maximum atomic E-state index is 13.4. The molecule has 0 unspecified atom stereocenters. The molecule has 21 heavy (non-hydrogen) atoms. The Morgan fingerprint density at radius 2 is 1.86 bits per heavy atom. The van der Waals surface area contributed by atoms with Gasteiger partial charge in [0.15, 0.2) is 17.5 Å². The Morgan fingerprint density at radius 1 is 1.14 bits per heavy atom. The van der Waals surface area contributed by atoms with Gasteiger partial charge in [-0.1, -0.05) is 13.8 Å². The lowest BCUT2D eigenvalue weighted by Crippen LogP contribution is -2.09. The third-order valence-electron chi connectivity index (χ3n) is 3.24. The number of nitrogens with one attached hydrogen (secondary N) is 1. The average molecular weight is 291 g/mol. The van der Waals surface area contributed by atoms with E-state index in [1.807, 2.05) is 13.8 Å². The summed E-state index contributed by atoms with van der Waals surface area (Å²) in [6.45, 7) is 8.76. The number of benzene rings is 1. The van der Waals surface area contributed by atoms with Gasteiger partial charge in [-0.05, 0) is 38.0 Å². The van der Waals surface area contributed by atoms with Gasteiger partial charge in [0.2, 0.25) is 0 Å². The molecule has 0 bridgehead atoms. The highest BCUT2D eigenvalue weighted by Crippen LogP contribution is 2.28. The van der Waals surface area contributed by atoms with Crippen LogP contribution in [0.15, 0.2) is 18.2 Å². The molecule has 0 aliphatic carbocycles. The van der Waals surface area contributed by atoms with Crippen molar-refractivity contribution in [2.24, 2.45) is 0 Å². The van der Waals surface area contributed by atoms with Crippen molar-refractivity contribution < 1.29 is 8.78 Å². The van der Waals surface area contributed by atoms with E-state index in [0.717, 1.165) is 35.8 Å². The molecule has 0 fully saturated rings. The van der Waals surface area contributed by atoms with E-state index in [2.05, 4.69) is 29.1 Å². The van der Waals surface area contributed by atoms with Crippen molar-refractivity contribution in [3.63, 3.8) is 0 Å². The molecular formula is C16H19F2N3. The summed E-state index contributed by atoms with van der Waals surface area (Å²) in [6, 6.07) is 3.69. The highest BCUT2D eigenvalue weighted by atomic mass is 19.2. The van der Waals surface area contributed by atoms with Gasteiger partial charge >= 0.3 is 0 Å². The normalized spacial score (nSPS) is 11.0. The van der Waals surface area contributed by atoms with E-state index in [1.54, 1.807) is 0 Å². The van der Waals surface area contributed by atoms with E-state index >= 15 is 0 Å². The molecule has 5 heteroatoms. The van der Waals surface area contributed by atoms with Crippen LogP contribution in [0.4, 0.5) is 14.6 Å². The minimum atomic E-state index is -0.897. The first-order valence-electron chi connectivity index (χ1n) is 7.01. The van der Waals surface area contributed by atoms with Crippen LogP contribution in [-0.4, -0.2) is 16.5 Å². The van der Waals surface area contributed by atoms with Crippen molar-refractivity contribution in [1.82, 2.24) is 9.97 Å². The Balaban J connectivity index is 2.57.